The monoisotopic (exact) mass is 539 g/mol. The standard InChI is InChI=1S/C37H21N3S/c1-2-10-22(11-3-1)39-29-15-7-4-12-23(29)25-20-21-31-33(35(25)39)27-19-18-26-24-13-5-9-17-32(24)41-36(26)34(27)37-38-28-14-6-8-16-30(28)40(31)37/h1-21H. The molecule has 10 rings (SSSR count). The van der Waals surface area contributed by atoms with Gasteiger partial charge < -0.3 is 4.57 Å². The highest BCUT2D eigenvalue weighted by molar-refractivity contribution is 7.26. The molecule has 0 radical (unpaired) electrons. The first-order valence-corrected chi connectivity index (χ1v) is 14.7. The van der Waals surface area contributed by atoms with Crippen molar-refractivity contribution in [2.75, 3.05) is 0 Å². The predicted molar refractivity (Wildman–Crippen MR) is 175 cm³/mol. The highest BCUT2D eigenvalue weighted by Crippen LogP contribution is 2.46. The Morgan fingerprint density at radius 3 is 2.10 bits per heavy atom. The quantitative estimate of drug-likeness (QED) is 0.190. The first-order valence-electron chi connectivity index (χ1n) is 13.9. The van der Waals surface area contributed by atoms with E-state index in [-0.39, 0.29) is 0 Å². The van der Waals surface area contributed by atoms with Gasteiger partial charge in [-0.25, -0.2) is 4.98 Å². The van der Waals surface area contributed by atoms with E-state index in [2.05, 4.69) is 136 Å². The van der Waals surface area contributed by atoms with Crippen LogP contribution in [0.25, 0.3) is 86.0 Å². The summed E-state index contributed by atoms with van der Waals surface area (Å²) in [7, 11) is 0. The lowest BCUT2D eigenvalue weighted by atomic mass is 10.0. The fraction of sp³-hybridized carbons (Fsp3) is 0. The summed E-state index contributed by atoms with van der Waals surface area (Å²) < 4.78 is 7.45. The van der Waals surface area contributed by atoms with Gasteiger partial charge in [-0.2, -0.15) is 0 Å². The van der Waals surface area contributed by atoms with Gasteiger partial charge in [0.1, 0.15) is 5.65 Å². The number of rotatable bonds is 1. The lowest BCUT2D eigenvalue weighted by Gasteiger charge is -2.14. The van der Waals surface area contributed by atoms with Gasteiger partial charge in [-0.05, 0) is 47.9 Å². The number of aromatic nitrogens is 3. The SMILES string of the molecule is c1ccc(-n2c3ccccc3c3ccc4c(c5ccc6c7ccccc7sc6c5c5nc6ccccc6n45)c32)cc1. The fourth-order valence-corrected chi connectivity index (χ4v) is 8.25. The molecule has 0 saturated heterocycles. The third-order valence-electron chi connectivity index (χ3n) is 8.67. The highest BCUT2D eigenvalue weighted by atomic mass is 32.1. The molecule has 0 bridgehead atoms. The number of benzene rings is 6. The van der Waals surface area contributed by atoms with E-state index >= 15 is 0 Å². The molecule has 0 aliphatic heterocycles. The second kappa shape index (κ2) is 7.72. The van der Waals surface area contributed by atoms with Crippen molar-refractivity contribution in [2.45, 2.75) is 0 Å². The molecule has 0 aliphatic carbocycles. The zero-order valence-electron chi connectivity index (χ0n) is 21.9. The Balaban J connectivity index is 1.57. The Bertz CT molecular complexity index is 2690. The molecule has 4 heteroatoms. The van der Waals surface area contributed by atoms with E-state index in [1.807, 2.05) is 11.3 Å². The van der Waals surface area contributed by atoms with Crippen LogP contribution < -0.4 is 0 Å². The van der Waals surface area contributed by atoms with Crippen LogP contribution in [0.15, 0.2) is 127 Å². The average Bonchev–Trinajstić information content (AvgIpc) is 3.71. The van der Waals surface area contributed by atoms with Crippen molar-refractivity contribution in [1.82, 2.24) is 14.0 Å². The number of fused-ring (bicyclic) bond motifs is 16. The lowest BCUT2D eigenvalue weighted by Crippen LogP contribution is -1.97. The molecular weight excluding hydrogens is 518 g/mol. The summed E-state index contributed by atoms with van der Waals surface area (Å²) in [6.45, 7) is 0. The van der Waals surface area contributed by atoms with E-state index in [0.717, 1.165) is 22.4 Å². The number of para-hydroxylation sites is 4. The second-order valence-electron chi connectivity index (χ2n) is 10.8. The molecule has 6 aromatic carbocycles. The average molecular weight is 540 g/mol. The van der Waals surface area contributed by atoms with Crippen molar-refractivity contribution in [3.8, 4) is 5.69 Å². The van der Waals surface area contributed by atoms with Crippen molar-refractivity contribution in [3.63, 3.8) is 0 Å². The Hall–Kier alpha value is -5.19. The summed E-state index contributed by atoms with van der Waals surface area (Å²) in [5.74, 6) is 0. The van der Waals surface area contributed by atoms with Crippen LogP contribution in [0.1, 0.15) is 0 Å². The maximum absolute atomic E-state index is 5.28. The number of pyridine rings is 1. The molecule has 0 saturated carbocycles. The number of imidazole rings is 1. The van der Waals surface area contributed by atoms with Crippen molar-refractivity contribution in [3.05, 3.63) is 127 Å². The van der Waals surface area contributed by atoms with Crippen molar-refractivity contribution in [1.29, 1.82) is 0 Å². The van der Waals surface area contributed by atoms with Gasteiger partial charge in [0.25, 0.3) is 0 Å². The summed E-state index contributed by atoms with van der Waals surface area (Å²) >= 11 is 1.88. The minimum atomic E-state index is 1.02. The van der Waals surface area contributed by atoms with Gasteiger partial charge in [-0.3, -0.25) is 4.40 Å². The van der Waals surface area contributed by atoms with Crippen LogP contribution in [0.3, 0.4) is 0 Å². The predicted octanol–water partition coefficient (Wildman–Crippen LogP) is 10.3. The molecule has 0 fully saturated rings. The zero-order chi connectivity index (χ0) is 26.7. The Kier molecular flexibility index (Phi) is 4.07. The maximum atomic E-state index is 5.28. The largest absolute Gasteiger partial charge is 0.309 e. The van der Waals surface area contributed by atoms with E-state index in [0.29, 0.717) is 0 Å². The maximum Gasteiger partial charge on any atom is 0.147 e. The zero-order valence-corrected chi connectivity index (χ0v) is 22.7. The van der Waals surface area contributed by atoms with Crippen molar-refractivity contribution >= 4 is 91.7 Å². The van der Waals surface area contributed by atoms with Crippen LogP contribution in [0.2, 0.25) is 0 Å². The van der Waals surface area contributed by atoms with Gasteiger partial charge in [-0.15, -0.1) is 11.3 Å². The van der Waals surface area contributed by atoms with Crippen LogP contribution in [-0.2, 0) is 0 Å². The smallest absolute Gasteiger partial charge is 0.147 e. The molecule has 4 aromatic heterocycles. The van der Waals surface area contributed by atoms with Crippen LogP contribution in [0.5, 0.6) is 0 Å². The third-order valence-corrected chi connectivity index (χ3v) is 9.87. The number of hydrogen-bond acceptors (Lipinski definition) is 2. The summed E-state index contributed by atoms with van der Waals surface area (Å²) in [4.78, 5) is 5.28. The Labute approximate surface area is 238 Å². The molecule has 0 amide bonds. The normalized spacial score (nSPS) is 12.4. The minimum Gasteiger partial charge on any atom is -0.309 e. The van der Waals surface area contributed by atoms with E-state index in [1.54, 1.807) is 0 Å². The molecule has 3 nitrogen and oxygen atoms in total. The van der Waals surface area contributed by atoms with E-state index in [9.17, 15) is 0 Å². The molecular formula is C37H21N3S. The molecule has 4 heterocycles. The fourth-order valence-electron chi connectivity index (χ4n) is 7.00. The summed E-state index contributed by atoms with van der Waals surface area (Å²) in [6.07, 6.45) is 0. The number of hydrogen-bond donors (Lipinski definition) is 0. The Morgan fingerprint density at radius 2 is 1.20 bits per heavy atom. The summed E-state index contributed by atoms with van der Waals surface area (Å²) in [6, 6.07) is 46.1. The molecule has 0 unspecified atom stereocenters. The van der Waals surface area contributed by atoms with Crippen LogP contribution in [0.4, 0.5) is 0 Å². The number of thiophene rings is 1. The van der Waals surface area contributed by atoms with E-state index < -0.39 is 0 Å². The Morgan fingerprint density at radius 1 is 0.488 bits per heavy atom. The van der Waals surface area contributed by atoms with Gasteiger partial charge in [0, 0.05) is 47.4 Å². The van der Waals surface area contributed by atoms with Gasteiger partial charge in [0.05, 0.1) is 27.6 Å². The van der Waals surface area contributed by atoms with Gasteiger partial charge >= 0.3 is 0 Å². The van der Waals surface area contributed by atoms with Crippen LogP contribution in [0, 0.1) is 0 Å². The first-order chi connectivity index (χ1) is 20.4. The third kappa shape index (κ3) is 2.70. The molecule has 0 aliphatic rings. The molecule has 0 spiro atoms. The van der Waals surface area contributed by atoms with Gasteiger partial charge in [0.15, 0.2) is 0 Å². The van der Waals surface area contributed by atoms with E-state index in [1.165, 1.54) is 63.7 Å². The molecule has 10 aromatic rings. The van der Waals surface area contributed by atoms with Crippen LogP contribution >= 0.6 is 11.3 Å². The second-order valence-corrected chi connectivity index (χ2v) is 11.8. The minimum absolute atomic E-state index is 1.02. The van der Waals surface area contributed by atoms with Gasteiger partial charge in [-0.1, -0.05) is 84.9 Å². The van der Waals surface area contributed by atoms with Gasteiger partial charge in [0.2, 0.25) is 0 Å². The lowest BCUT2D eigenvalue weighted by molar-refractivity contribution is 1.19. The van der Waals surface area contributed by atoms with E-state index in [4.69, 9.17) is 4.98 Å². The highest BCUT2D eigenvalue weighted by Gasteiger charge is 2.22. The molecule has 0 atom stereocenters. The summed E-state index contributed by atoms with van der Waals surface area (Å²) in [5.41, 5.74) is 7.96. The molecule has 190 valence electrons. The van der Waals surface area contributed by atoms with Crippen molar-refractivity contribution < 1.29 is 0 Å². The number of nitrogens with zero attached hydrogens (tertiary/aromatic N) is 3. The first kappa shape index (κ1) is 21.6. The molecule has 41 heavy (non-hydrogen) atoms. The summed E-state index contributed by atoms with van der Waals surface area (Å²) in [5, 5.41) is 8.85. The van der Waals surface area contributed by atoms with Crippen molar-refractivity contribution in [2.24, 2.45) is 0 Å². The van der Waals surface area contributed by atoms with Crippen LogP contribution in [-0.4, -0.2) is 14.0 Å². The topological polar surface area (TPSA) is 22.2 Å². The molecule has 0 N–H and O–H groups in total.